The summed E-state index contributed by atoms with van der Waals surface area (Å²) >= 11 is 11.9. The molecule has 18 heavy (non-hydrogen) atoms. The Hall–Kier alpha value is -1.01. The van der Waals surface area contributed by atoms with Gasteiger partial charge in [-0.3, -0.25) is 4.79 Å². The van der Waals surface area contributed by atoms with Crippen LogP contribution in [0.4, 0.5) is 11.4 Å². The largest absolute Gasteiger partial charge is 0.399 e. The second-order valence-electron chi connectivity index (χ2n) is 3.55. The summed E-state index contributed by atoms with van der Waals surface area (Å²) in [6.07, 6.45) is 0. The number of halogens is 2. The summed E-state index contributed by atoms with van der Waals surface area (Å²) in [6, 6.07) is 3.05. The van der Waals surface area contributed by atoms with Crippen molar-refractivity contribution in [2.45, 2.75) is 6.92 Å². The van der Waals surface area contributed by atoms with E-state index in [-0.39, 0.29) is 12.5 Å². The summed E-state index contributed by atoms with van der Waals surface area (Å²) in [6.45, 7) is 2.55. The molecule has 0 heterocycles. The third-order valence-corrected chi connectivity index (χ3v) is 2.86. The van der Waals surface area contributed by atoms with E-state index in [1.165, 1.54) is 24.3 Å². The van der Waals surface area contributed by atoms with E-state index in [4.69, 9.17) is 33.8 Å². The Kier molecular flexibility index (Phi) is 5.68. The lowest BCUT2D eigenvalue weighted by Gasteiger charge is -2.17. The molecule has 3 N–H and O–H groups in total. The summed E-state index contributed by atoms with van der Waals surface area (Å²) < 4.78 is 0. The van der Waals surface area contributed by atoms with Crippen LogP contribution in [0.25, 0.3) is 0 Å². The highest BCUT2D eigenvalue weighted by molar-refractivity contribution is 6.40. The van der Waals surface area contributed by atoms with E-state index >= 15 is 0 Å². The van der Waals surface area contributed by atoms with Crippen LogP contribution in [0.1, 0.15) is 6.92 Å². The topological polar surface area (TPSA) is 67.6 Å². The number of carbonyl (C=O) groups is 1. The van der Waals surface area contributed by atoms with Crippen LogP contribution in [0.5, 0.6) is 0 Å². The summed E-state index contributed by atoms with van der Waals surface area (Å²) in [5, 5.41) is 4.72. The average molecular weight is 292 g/mol. The van der Waals surface area contributed by atoms with Gasteiger partial charge in [-0.1, -0.05) is 30.1 Å². The zero-order valence-electron chi connectivity index (χ0n) is 10.2. The number of hydroxylamine groups is 2. The van der Waals surface area contributed by atoms with E-state index in [0.29, 0.717) is 28.0 Å². The van der Waals surface area contributed by atoms with Gasteiger partial charge in [0.1, 0.15) is 6.54 Å². The van der Waals surface area contributed by atoms with Crippen LogP contribution >= 0.6 is 23.2 Å². The van der Waals surface area contributed by atoms with Gasteiger partial charge in [0.15, 0.2) is 0 Å². The zero-order chi connectivity index (χ0) is 13.7. The predicted octanol–water partition coefficient (Wildman–Crippen LogP) is 2.40. The average Bonchev–Trinajstić information content (AvgIpc) is 2.30. The van der Waals surface area contributed by atoms with Crippen LogP contribution in [0, 0.1) is 0 Å². The van der Waals surface area contributed by atoms with Crippen molar-refractivity contribution in [1.82, 2.24) is 5.06 Å². The maximum atomic E-state index is 11.7. The first-order valence-corrected chi connectivity index (χ1v) is 6.07. The molecule has 0 aliphatic carbocycles. The highest BCUT2D eigenvalue weighted by Crippen LogP contribution is 2.32. The number of rotatable bonds is 5. The Labute approximate surface area is 116 Å². The van der Waals surface area contributed by atoms with Crippen molar-refractivity contribution in [1.29, 1.82) is 0 Å². The number of benzene rings is 1. The molecule has 0 fully saturated rings. The lowest BCUT2D eigenvalue weighted by Crippen LogP contribution is -2.32. The van der Waals surface area contributed by atoms with Gasteiger partial charge in [-0.15, -0.1) is 0 Å². The third kappa shape index (κ3) is 4.03. The molecule has 0 aromatic heterocycles. The molecule has 0 spiro atoms. The minimum atomic E-state index is -0.271. The van der Waals surface area contributed by atoms with Gasteiger partial charge in [0, 0.05) is 12.2 Å². The first kappa shape index (κ1) is 15.0. The highest BCUT2D eigenvalue weighted by atomic mass is 35.5. The van der Waals surface area contributed by atoms with Crippen molar-refractivity contribution in [3.05, 3.63) is 22.2 Å². The van der Waals surface area contributed by atoms with Crippen molar-refractivity contribution < 1.29 is 9.63 Å². The second kappa shape index (κ2) is 6.80. The van der Waals surface area contributed by atoms with Crippen molar-refractivity contribution >= 4 is 40.5 Å². The number of nitrogens with two attached hydrogens (primary N) is 1. The van der Waals surface area contributed by atoms with Crippen LogP contribution in [-0.2, 0) is 9.63 Å². The summed E-state index contributed by atoms with van der Waals surface area (Å²) in [4.78, 5) is 16.7. The number of anilines is 2. The quantitative estimate of drug-likeness (QED) is 0.646. The Balaban J connectivity index is 2.76. The highest BCUT2D eigenvalue weighted by Gasteiger charge is 2.13. The lowest BCUT2D eigenvalue weighted by molar-refractivity contribution is -0.145. The van der Waals surface area contributed by atoms with E-state index in [1.54, 1.807) is 0 Å². The Morgan fingerprint density at radius 3 is 2.44 bits per heavy atom. The molecule has 0 radical (unpaired) electrons. The van der Waals surface area contributed by atoms with Gasteiger partial charge in [0.25, 0.3) is 0 Å². The number of hydrogen-bond donors (Lipinski definition) is 2. The standard InChI is InChI=1S/C11H15Cl2N3O2/c1-3-16(18-2)6-10(17)15-11-8(12)4-7(14)5-9(11)13/h4-5H,3,6,14H2,1-2H3,(H,15,17). The minimum Gasteiger partial charge on any atom is -0.399 e. The number of likely N-dealkylation sites (N-methyl/N-ethyl adjacent to an activating group) is 1. The summed E-state index contributed by atoms with van der Waals surface area (Å²) in [5.74, 6) is -0.271. The van der Waals surface area contributed by atoms with Crippen LogP contribution in [-0.4, -0.2) is 31.2 Å². The molecule has 0 saturated heterocycles. The fourth-order valence-corrected chi connectivity index (χ4v) is 1.96. The maximum absolute atomic E-state index is 11.7. The van der Waals surface area contributed by atoms with Gasteiger partial charge in [0.05, 0.1) is 22.8 Å². The Bertz CT molecular complexity index is 413. The molecular weight excluding hydrogens is 277 g/mol. The maximum Gasteiger partial charge on any atom is 0.241 e. The molecule has 5 nitrogen and oxygen atoms in total. The Morgan fingerprint density at radius 2 is 2.00 bits per heavy atom. The predicted molar refractivity (Wildman–Crippen MR) is 73.8 cm³/mol. The first-order valence-electron chi connectivity index (χ1n) is 5.31. The monoisotopic (exact) mass is 291 g/mol. The van der Waals surface area contributed by atoms with Crippen LogP contribution in [0.2, 0.25) is 10.0 Å². The molecular formula is C11H15Cl2N3O2. The number of nitrogen functional groups attached to an aromatic ring is 1. The minimum absolute atomic E-state index is 0.0873. The zero-order valence-corrected chi connectivity index (χ0v) is 11.7. The molecule has 1 aromatic carbocycles. The normalized spacial score (nSPS) is 10.7. The fourth-order valence-electron chi connectivity index (χ4n) is 1.36. The smallest absolute Gasteiger partial charge is 0.241 e. The third-order valence-electron chi connectivity index (χ3n) is 2.26. The molecule has 7 heteroatoms. The summed E-state index contributed by atoms with van der Waals surface area (Å²) in [7, 11) is 1.50. The Morgan fingerprint density at radius 1 is 1.44 bits per heavy atom. The van der Waals surface area contributed by atoms with E-state index in [0.717, 1.165) is 0 Å². The number of nitrogens with zero attached hydrogens (tertiary/aromatic N) is 1. The molecule has 1 rings (SSSR count). The van der Waals surface area contributed by atoms with Gasteiger partial charge in [-0.2, -0.15) is 5.06 Å². The van der Waals surface area contributed by atoms with E-state index in [2.05, 4.69) is 5.32 Å². The second-order valence-corrected chi connectivity index (χ2v) is 4.36. The summed E-state index contributed by atoms with van der Waals surface area (Å²) in [5.41, 5.74) is 6.36. The fraction of sp³-hybridized carbons (Fsp3) is 0.364. The molecule has 0 unspecified atom stereocenters. The SMILES string of the molecule is CCN(CC(=O)Nc1c(Cl)cc(N)cc1Cl)OC. The molecule has 0 saturated carbocycles. The van der Waals surface area contributed by atoms with Crippen molar-refractivity contribution in [2.75, 3.05) is 31.2 Å². The molecule has 0 aliphatic rings. The van der Waals surface area contributed by atoms with Crippen molar-refractivity contribution in [3.63, 3.8) is 0 Å². The molecule has 0 aliphatic heterocycles. The molecule has 0 bridgehead atoms. The number of hydrogen-bond acceptors (Lipinski definition) is 4. The molecule has 0 atom stereocenters. The van der Waals surface area contributed by atoms with Crippen LogP contribution in [0.15, 0.2) is 12.1 Å². The van der Waals surface area contributed by atoms with Gasteiger partial charge >= 0.3 is 0 Å². The van der Waals surface area contributed by atoms with Gasteiger partial charge < -0.3 is 15.9 Å². The van der Waals surface area contributed by atoms with E-state index in [1.807, 2.05) is 6.92 Å². The van der Waals surface area contributed by atoms with E-state index in [9.17, 15) is 4.79 Å². The molecule has 100 valence electrons. The van der Waals surface area contributed by atoms with Gasteiger partial charge in [-0.05, 0) is 12.1 Å². The number of nitrogens with one attached hydrogen (secondary N) is 1. The van der Waals surface area contributed by atoms with E-state index < -0.39 is 0 Å². The van der Waals surface area contributed by atoms with Crippen LogP contribution in [0.3, 0.4) is 0 Å². The number of amides is 1. The number of carbonyl (C=O) groups excluding carboxylic acids is 1. The lowest BCUT2D eigenvalue weighted by atomic mass is 10.3. The van der Waals surface area contributed by atoms with Gasteiger partial charge in [-0.25, -0.2) is 0 Å². The van der Waals surface area contributed by atoms with Crippen molar-refractivity contribution in [2.24, 2.45) is 0 Å². The molecule has 1 amide bonds. The molecule has 1 aromatic rings. The first-order chi connectivity index (χ1) is 8.47. The van der Waals surface area contributed by atoms with Crippen molar-refractivity contribution in [3.8, 4) is 0 Å². The van der Waals surface area contributed by atoms with Gasteiger partial charge in [0.2, 0.25) is 5.91 Å². The van der Waals surface area contributed by atoms with Crippen LogP contribution < -0.4 is 11.1 Å².